The summed E-state index contributed by atoms with van der Waals surface area (Å²) in [5.74, 6) is 1.40. The van der Waals surface area contributed by atoms with E-state index < -0.39 is 0 Å². The Labute approximate surface area is 147 Å². The number of nitrogens with one attached hydrogen (secondary N) is 1. The predicted molar refractivity (Wildman–Crippen MR) is 91.8 cm³/mol. The second kappa shape index (κ2) is 6.41. The highest BCUT2D eigenvalue weighted by atomic mass is 16.5. The summed E-state index contributed by atoms with van der Waals surface area (Å²) in [5.41, 5.74) is 0.505. The number of aromatic nitrogens is 1. The molecule has 6 nitrogen and oxygen atoms in total. The monoisotopic (exact) mass is 343 g/mol. The molecule has 0 bridgehead atoms. The van der Waals surface area contributed by atoms with Gasteiger partial charge in [0, 0.05) is 30.4 Å². The van der Waals surface area contributed by atoms with Crippen LogP contribution in [0.4, 0.5) is 0 Å². The number of pyridine rings is 1. The van der Waals surface area contributed by atoms with Gasteiger partial charge in [-0.1, -0.05) is 6.92 Å². The fourth-order valence-electron chi connectivity index (χ4n) is 3.88. The van der Waals surface area contributed by atoms with Crippen molar-refractivity contribution in [3.8, 4) is 0 Å². The Hall–Kier alpha value is -1.95. The number of carbonyl (C=O) groups excluding carboxylic acids is 2. The van der Waals surface area contributed by atoms with Crippen LogP contribution < -0.4 is 5.32 Å². The maximum absolute atomic E-state index is 12.2. The van der Waals surface area contributed by atoms with Gasteiger partial charge < -0.3 is 15.0 Å². The molecule has 134 valence electrons. The standard InChI is InChI=1S/C19H25N3O3/c1-13-8-16(13)18(24)22-11-19(12-22)5-2-14(10-25-19)9-21-17(23)15-3-6-20-7-4-15/h3-4,6-7,13-14,16H,2,5,8-12H2,1H3,(H,21,23)/t13-,14-,16-/m1/s1. The van der Waals surface area contributed by atoms with E-state index in [0.717, 1.165) is 32.4 Å². The smallest absolute Gasteiger partial charge is 0.251 e. The molecule has 2 amide bonds. The molecule has 1 spiro atoms. The summed E-state index contributed by atoms with van der Waals surface area (Å²) in [6.45, 7) is 4.90. The second-order valence-electron chi connectivity index (χ2n) is 7.86. The SMILES string of the molecule is C[C@@H]1C[C@H]1C(=O)N1CC2(CC[C@H](CNC(=O)c3ccncc3)CO2)C1. The summed E-state index contributed by atoms with van der Waals surface area (Å²) >= 11 is 0. The van der Waals surface area contributed by atoms with Crippen molar-refractivity contribution < 1.29 is 14.3 Å². The Morgan fingerprint density at radius 3 is 2.68 bits per heavy atom. The van der Waals surface area contributed by atoms with Crippen molar-refractivity contribution in [1.82, 2.24) is 15.2 Å². The van der Waals surface area contributed by atoms with Gasteiger partial charge in [0.1, 0.15) is 5.60 Å². The van der Waals surface area contributed by atoms with Gasteiger partial charge in [0.05, 0.1) is 19.7 Å². The summed E-state index contributed by atoms with van der Waals surface area (Å²) in [5, 5.41) is 2.98. The van der Waals surface area contributed by atoms with Crippen LogP contribution in [0.2, 0.25) is 0 Å². The number of rotatable bonds is 4. The molecule has 2 aliphatic heterocycles. The van der Waals surface area contributed by atoms with Gasteiger partial charge in [-0.05, 0) is 43.2 Å². The number of nitrogens with zero attached hydrogens (tertiary/aromatic N) is 2. The van der Waals surface area contributed by atoms with E-state index in [9.17, 15) is 9.59 Å². The molecule has 1 saturated carbocycles. The predicted octanol–water partition coefficient (Wildman–Crippen LogP) is 1.47. The molecule has 0 unspecified atom stereocenters. The number of hydrogen-bond acceptors (Lipinski definition) is 4. The van der Waals surface area contributed by atoms with Gasteiger partial charge in [-0.25, -0.2) is 0 Å². The van der Waals surface area contributed by atoms with Gasteiger partial charge in [-0.2, -0.15) is 0 Å². The topological polar surface area (TPSA) is 71.5 Å². The molecule has 1 aliphatic carbocycles. The van der Waals surface area contributed by atoms with Gasteiger partial charge in [0.15, 0.2) is 0 Å². The van der Waals surface area contributed by atoms with E-state index in [4.69, 9.17) is 4.74 Å². The van der Waals surface area contributed by atoms with Crippen LogP contribution in [-0.4, -0.2) is 53.5 Å². The van der Waals surface area contributed by atoms with Gasteiger partial charge in [0.2, 0.25) is 5.91 Å². The fraction of sp³-hybridized carbons (Fsp3) is 0.632. The Morgan fingerprint density at radius 2 is 2.08 bits per heavy atom. The second-order valence-corrected chi connectivity index (χ2v) is 7.86. The van der Waals surface area contributed by atoms with E-state index in [2.05, 4.69) is 17.2 Å². The van der Waals surface area contributed by atoms with Crippen LogP contribution in [0.5, 0.6) is 0 Å². The zero-order chi connectivity index (χ0) is 17.4. The molecule has 6 heteroatoms. The lowest BCUT2D eigenvalue weighted by Gasteiger charge is -2.53. The first kappa shape index (κ1) is 16.5. The maximum atomic E-state index is 12.2. The Balaban J connectivity index is 1.19. The summed E-state index contributed by atoms with van der Waals surface area (Å²) < 4.78 is 6.10. The molecular weight excluding hydrogens is 318 g/mol. The van der Waals surface area contributed by atoms with Crippen molar-refractivity contribution >= 4 is 11.8 Å². The van der Waals surface area contributed by atoms with Crippen molar-refractivity contribution in [3.05, 3.63) is 30.1 Å². The molecule has 3 fully saturated rings. The number of hydrogen-bond donors (Lipinski definition) is 1. The number of ether oxygens (including phenoxy) is 1. The molecule has 3 heterocycles. The highest BCUT2D eigenvalue weighted by Crippen LogP contribution is 2.43. The minimum absolute atomic E-state index is 0.0679. The Bertz CT molecular complexity index is 647. The number of amides is 2. The first-order valence-electron chi connectivity index (χ1n) is 9.17. The third-order valence-electron chi connectivity index (χ3n) is 5.82. The van der Waals surface area contributed by atoms with Crippen molar-refractivity contribution in [3.63, 3.8) is 0 Å². The van der Waals surface area contributed by atoms with Crippen LogP contribution in [0.1, 0.15) is 36.5 Å². The summed E-state index contributed by atoms with van der Waals surface area (Å²) in [7, 11) is 0. The third-order valence-corrected chi connectivity index (χ3v) is 5.82. The van der Waals surface area contributed by atoms with Crippen LogP contribution in [0.3, 0.4) is 0 Å². The highest BCUT2D eigenvalue weighted by molar-refractivity contribution is 5.93. The van der Waals surface area contributed by atoms with Crippen molar-refractivity contribution in [2.24, 2.45) is 17.8 Å². The van der Waals surface area contributed by atoms with Gasteiger partial charge in [-0.3, -0.25) is 14.6 Å². The fourth-order valence-corrected chi connectivity index (χ4v) is 3.88. The number of carbonyl (C=O) groups is 2. The van der Waals surface area contributed by atoms with E-state index in [1.54, 1.807) is 24.5 Å². The van der Waals surface area contributed by atoms with Gasteiger partial charge in [0.25, 0.3) is 5.91 Å². The lowest BCUT2D eigenvalue weighted by molar-refractivity contribution is -0.189. The zero-order valence-electron chi connectivity index (χ0n) is 14.6. The molecule has 3 aliphatic rings. The van der Waals surface area contributed by atoms with Crippen molar-refractivity contribution in [2.75, 3.05) is 26.2 Å². The van der Waals surface area contributed by atoms with Gasteiger partial charge >= 0.3 is 0 Å². The minimum atomic E-state index is -0.126. The molecule has 4 rings (SSSR count). The molecule has 2 saturated heterocycles. The molecule has 1 N–H and O–H groups in total. The van der Waals surface area contributed by atoms with E-state index >= 15 is 0 Å². The lowest BCUT2D eigenvalue weighted by Crippen LogP contribution is -2.66. The molecule has 0 radical (unpaired) electrons. The molecular formula is C19H25N3O3. The van der Waals surface area contributed by atoms with E-state index in [-0.39, 0.29) is 17.4 Å². The summed E-state index contributed by atoms with van der Waals surface area (Å²) in [4.78, 5) is 30.2. The third kappa shape index (κ3) is 3.40. The Kier molecular flexibility index (Phi) is 4.23. The molecule has 25 heavy (non-hydrogen) atoms. The first-order chi connectivity index (χ1) is 12.1. The van der Waals surface area contributed by atoms with E-state index in [1.807, 2.05) is 4.90 Å². The Morgan fingerprint density at radius 1 is 1.36 bits per heavy atom. The van der Waals surface area contributed by atoms with Crippen LogP contribution in [0, 0.1) is 17.8 Å². The summed E-state index contributed by atoms with van der Waals surface area (Å²) in [6.07, 6.45) is 6.27. The first-order valence-corrected chi connectivity index (χ1v) is 9.17. The van der Waals surface area contributed by atoms with Gasteiger partial charge in [-0.15, -0.1) is 0 Å². The largest absolute Gasteiger partial charge is 0.371 e. The van der Waals surface area contributed by atoms with Crippen LogP contribution >= 0.6 is 0 Å². The summed E-state index contributed by atoms with van der Waals surface area (Å²) in [6, 6.07) is 3.42. The van der Waals surface area contributed by atoms with Crippen LogP contribution in [0.15, 0.2) is 24.5 Å². The van der Waals surface area contributed by atoms with Crippen molar-refractivity contribution in [2.45, 2.75) is 31.8 Å². The average Bonchev–Trinajstić information content (AvgIpc) is 3.35. The van der Waals surface area contributed by atoms with Crippen LogP contribution in [-0.2, 0) is 9.53 Å². The maximum Gasteiger partial charge on any atom is 0.251 e. The lowest BCUT2D eigenvalue weighted by atomic mass is 9.82. The van der Waals surface area contributed by atoms with E-state index in [0.29, 0.717) is 36.5 Å². The quantitative estimate of drug-likeness (QED) is 0.899. The molecule has 1 aromatic rings. The molecule has 1 aromatic heterocycles. The van der Waals surface area contributed by atoms with Crippen LogP contribution in [0.25, 0.3) is 0 Å². The molecule has 3 atom stereocenters. The minimum Gasteiger partial charge on any atom is -0.371 e. The molecule has 0 aromatic carbocycles. The zero-order valence-corrected chi connectivity index (χ0v) is 14.6. The highest BCUT2D eigenvalue weighted by Gasteiger charge is 2.52. The average molecular weight is 343 g/mol. The normalized spacial score (nSPS) is 29.8. The van der Waals surface area contributed by atoms with Crippen molar-refractivity contribution in [1.29, 1.82) is 0 Å². The van der Waals surface area contributed by atoms with E-state index in [1.165, 1.54) is 0 Å². The number of likely N-dealkylation sites (tertiary alicyclic amines) is 1.